The van der Waals surface area contributed by atoms with Gasteiger partial charge in [-0.2, -0.15) is 0 Å². The van der Waals surface area contributed by atoms with Gasteiger partial charge >= 0.3 is 0 Å². The van der Waals surface area contributed by atoms with Crippen molar-refractivity contribution in [2.24, 2.45) is 0 Å². The molecular weight excluding hydrogens is 266 g/mol. The lowest BCUT2D eigenvalue weighted by atomic mass is 10.1. The Kier molecular flexibility index (Phi) is 3.29. The molecule has 0 unspecified atom stereocenters. The minimum Gasteiger partial charge on any atom is -0.392 e. The van der Waals surface area contributed by atoms with Gasteiger partial charge in [0.15, 0.2) is 0 Å². The summed E-state index contributed by atoms with van der Waals surface area (Å²) in [6.07, 6.45) is 1.07. The number of benzene rings is 1. The number of hydrogen-bond acceptors (Lipinski definition) is 3. The van der Waals surface area contributed by atoms with Crippen LogP contribution in [0.25, 0.3) is 0 Å². The summed E-state index contributed by atoms with van der Waals surface area (Å²) in [5.41, 5.74) is 3.40. The number of aliphatic hydroxyl groups excluding tert-OH is 1. The highest BCUT2D eigenvalue weighted by atomic mass is 35.5. The molecule has 94 valence electrons. The molecule has 0 radical (unpaired) electrons. The van der Waals surface area contributed by atoms with Crippen molar-refractivity contribution in [3.63, 3.8) is 0 Å². The Bertz CT molecular complexity index is 567. The van der Waals surface area contributed by atoms with Gasteiger partial charge in [-0.25, -0.2) is 0 Å². The van der Waals surface area contributed by atoms with E-state index in [1.54, 1.807) is 0 Å². The van der Waals surface area contributed by atoms with Crippen LogP contribution in [-0.2, 0) is 19.6 Å². The molecule has 1 aromatic carbocycles. The molecule has 1 aliphatic rings. The van der Waals surface area contributed by atoms with Crippen LogP contribution >= 0.6 is 22.9 Å². The van der Waals surface area contributed by atoms with Crippen molar-refractivity contribution < 1.29 is 5.11 Å². The van der Waals surface area contributed by atoms with E-state index in [4.69, 9.17) is 11.6 Å². The van der Waals surface area contributed by atoms with Crippen LogP contribution in [-0.4, -0.2) is 11.7 Å². The molecule has 2 aromatic rings. The van der Waals surface area contributed by atoms with Gasteiger partial charge in [-0.05, 0) is 35.6 Å². The van der Waals surface area contributed by atoms with E-state index in [0.717, 1.165) is 35.8 Å². The normalized spacial score (nSPS) is 14.7. The highest BCUT2D eigenvalue weighted by Crippen LogP contribution is 2.31. The van der Waals surface area contributed by atoms with Crippen LogP contribution < -0.4 is 4.90 Å². The van der Waals surface area contributed by atoms with Crippen molar-refractivity contribution in [3.8, 4) is 0 Å². The standard InChI is InChI=1S/C14H14ClNOS/c15-12-2-1-11(9-17)13(7-12)16-5-3-14-10(8-16)4-6-18-14/h1-2,4,6-7,17H,3,5,8-9H2. The van der Waals surface area contributed by atoms with Crippen LogP contribution in [0, 0.1) is 0 Å². The molecule has 0 saturated heterocycles. The molecule has 1 aromatic heterocycles. The number of nitrogens with zero attached hydrogens (tertiary/aromatic N) is 1. The first-order valence-corrected chi connectivity index (χ1v) is 7.23. The molecule has 4 heteroatoms. The van der Waals surface area contributed by atoms with Crippen molar-refractivity contribution in [1.29, 1.82) is 0 Å². The number of fused-ring (bicyclic) bond motifs is 1. The zero-order valence-corrected chi connectivity index (χ0v) is 11.5. The zero-order valence-electron chi connectivity index (χ0n) is 9.90. The van der Waals surface area contributed by atoms with Crippen molar-refractivity contribution in [2.75, 3.05) is 11.4 Å². The average molecular weight is 280 g/mol. The molecule has 2 heterocycles. The summed E-state index contributed by atoms with van der Waals surface area (Å²) in [6, 6.07) is 7.87. The fraction of sp³-hybridized carbons (Fsp3) is 0.286. The van der Waals surface area contributed by atoms with E-state index < -0.39 is 0 Å². The summed E-state index contributed by atoms with van der Waals surface area (Å²) in [5, 5.41) is 12.3. The number of anilines is 1. The summed E-state index contributed by atoms with van der Waals surface area (Å²) in [4.78, 5) is 3.78. The Morgan fingerprint density at radius 2 is 2.22 bits per heavy atom. The molecule has 0 amide bonds. The maximum atomic E-state index is 9.43. The van der Waals surface area contributed by atoms with Crippen molar-refractivity contribution in [3.05, 3.63) is 50.7 Å². The van der Waals surface area contributed by atoms with Crippen LogP contribution in [0.2, 0.25) is 5.02 Å². The molecule has 0 atom stereocenters. The first-order chi connectivity index (χ1) is 8.78. The quantitative estimate of drug-likeness (QED) is 0.910. The van der Waals surface area contributed by atoms with Gasteiger partial charge in [0.1, 0.15) is 0 Å². The lowest BCUT2D eigenvalue weighted by Crippen LogP contribution is -2.30. The number of thiophene rings is 1. The van der Waals surface area contributed by atoms with E-state index in [1.807, 2.05) is 29.5 Å². The minimum absolute atomic E-state index is 0.0551. The highest BCUT2D eigenvalue weighted by molar-refractivity contribution is 7.10. The molecule has 0 bridgehead atoms. The van der Waals surface area contributed by atoms with Crippen molar-refractivity contribution >= 4 is 28.6 Å². The van der Waals surface area contributed by atoms with Gasteiger partial charge in [-0.3, -0.25) is 0 Å². The Balaban J connectivity index is 1.94. The van der Waals surface area contributed by atoms with Crippen LogP contribution in [0.3, 0.4) is 0 Å². The van der Waals surface area contributed by atoms with Crippen molar-refractivity contribution in [2.45, 2.75) is 19.6 Å². The summed E-state index contributed by atoms with van der Waals surface area (Å²) >= 11 is 7.90. The maximum absolute atomic E-state index is 9.43. The Labute approximate surface area is 115 Å². The Hall–Kier alpha value is -1.03. The monoisotopic (exact) mass is 279 g/mol. The van der Waals surface area contributed by atoms with Gasteiger partial charge in [-0.15, -0.1) is 11.3 Å². The predicted molar refractivity (Wildman–Crippen MR) is 76.4 cm³/mol. The highest BCUT2D eigenvalue weighted by Gasteiger charge is 2.19. The summed E-state index contributed by atoms with van der Waals surface area (Å²) in [7, 11) is 0. The smallest absolute Gasteiger partial charge is 0.0702 e. The molecule has 18 heavy (non-hydrogen) atoms. The minimum atomic E-state index is 0.0551. The lowest BCUT2D eigenvalue weighted by molar-refractivity contribution is 0.282. The van der Waals surface area contributed by atoms with E-state index in [-0.39, 0.29) is 6.61 Å². The SMILES string of the molecule is OCc1ccc(Cl)cc1N1CCc2sccc2C1. The Morgan fingerprint density at radius 1 is 1.33 bits per heavy atom. The molecule has 0 saturated carbocycles. The first kappa shape index (κ1) is 12.0. The number of rotatable bonds is 2. The number of halogens is 1. The topological polar surface area (TPSA) is 23.5 Å². The van der Waals surface area contributed by atoms with E-state index in [9.17, 15) is 5.11 Å². The first-order valence-electron chi connectivity index (χ1n) is 5.97. The van der Waals surface area contributed by atoms with Crippen LogP contribution in [0.5, 0.6) is 0 Å². The van der Waals surface area contributed by atoms with Gasteiger partial charge in [0.25, 0.3) is 0 Å². The van der Waals surface area contributed by atoms with Gasteiger partial charge in [0.05, 0.1) is 6.61 Å². The van der Waals surface area contributed by atoms with E-state index in [2.05, 4.69) is 16.3 Å². The van der Waals surface area contributed by atoms with E-state index in [1.165, 1.54) is 10.4 Å². The molecular formula is C14H14ClNOS. The summed E-state index contributed by atoms with van der Waals surface area (Å²) in [6.45, 7) is 1.95. The maximum Gasteiger partial charge on any atom is 0.0702 e. The second-order valence-electron chi connectivity index (χ2n) is 4.47. The van der Waals surface area contributed by atoms with Gasteiger partial charge in [0, 0.05) is 34.2 Å². The van der Waals surface area contributed by atoms with Crippen molar-refractivity contribution in [1.82, 2.24) is 0 Å². The van der Waals surface area contributed by atoms with Gasteiger partial charge < -0.3 is 10.0 Å². The summed E-state index contributed by atoms with van der Waals surface area (Å²) in [5.74, 6) is 0. The Morgan fingerprint density at radius 3 is 3.06 bits per heavy atom. The van der Waals surface area contributed by atoms with Gasteiger partial charge in [-0.1, -0.05) is 17.7 Å². The third-order valence-corrected chi connectivity index (χ3v) is 4.62. The van der Waals surface area contributed by atoms with Gasteiger partial charge in [0.2, 0.25) is 0 Å². The third-order valence-electron chi connectivity index (χ3n) is 3.37. The molecule has 2 nitrogen and oxygen atoms in total. The van der Waals surface area contributed by atoms with Crippen LogP contribution in [0.15, 0.2) is 29.6 Å². The number of aliphatic hydroxyl groups is 1. The second kappa shape index (κ2) is 4.92. The molecule has 0 spiro atoms. The zero-order chi connectivity index (χ0) is 12.5. The molecule has 3 rings (SSSR count). The average Bonchev–Trinajstić information content (AvgIpc) is 2.85. The lowest BCUT2D eigenvalue weighted by Gasteiger charge is -2.30. The fourth-order valence-electron chi connectivity index (χ4n) is 2.42. The third kappa shape index (κ3) is 2.14. The van der Waals surface area contributed by atoms with Crippen LogP contribution in [0.4, 0.5) is 5.69 Å². The predicted octanol–water partition coefficient (Wildman–Crippen LogP) is 3.46. The molecule has 0 fully saturated rings. The van der Waals surface area contributed by atoms with E-state index >= 15 is 0 Å². The fourth-order valence-corrected chi connectivity index (χ4v) is 3.48. The molecule has 1 N–H and O–H groups in total. The second-order valence-corrected chi connectivity index (χ2v) is 5.91. The largest absolute Gasteiger partial charge is 0.392 e. The molecule has 1 aliphatic heterocycles. The molecule has 0 aliphatic carbocycles. The number of hydrogen-bond donors (Lipinski definition) is 1. The summed E-state index contributed by atoms with van der Waals surface area (Å²) < 4.78 is 0. The van der Waals surface area contributed by atoms with Crippen LogP contribution in [0.1, 0.15) is 16.0 Å². The van der Waals surface area contributed by atoms with E-state index in [0.29, 0.717) is 0 Å².